The highest BCUT2D eigenvalue weighted by molar-refractivity contribution is 5.32. The molecule has 0 unspecified atom stereocenters. The zero-order valence-corrected chi connectivity index (χ0v) is 15.0. The standard InChI is InChI=1S/C21H25NO3/c1-15-6-9-18(23-15)21(19-10-7-16(2)24-19)20-11-8-17(25-20)14-22-12-4-3-5-13-22/h6-11,21H,3-5,12-14H2,1-2H3. The maximum atomic E-state index is 6.21. The molecule has 1 fully saturated rings. The molecule has 4 rings (SSSR count). The molecule has 25 heavy (non-hydrogen) atoms. The minimum absolute atomic E-state index is 0.141. The molecule has 1 aliphatic heterocycles. The SMILES string of the molecule is Cc1ccc(C(c2ccc(C)o2)c2ccc(CN3CCCCC3)o2)o1. The molecule has 1 saturated heterocycles. The Kier molecular flexibility index (Phi) is 4.53. The van der Waals surface area contributed by atoms with Crippen LogP contribution in [-0.2, 0) is 6.54 Å². The van der Waals surface area contributed by atoms with E-state index < -0.39 is 0 Å². The van der Waals surface area contributed by atoms with Gasteiger partial charge >= 0.3 is 0 Å². The number of rotatable bonds is 5. The van der Waals surface area contributed by atoms with Gasteiger partial charge in [-0.1, -0.05) is 6.42 Å². The van der Waals surface area contributed by atoms with Crippen LogP contribution in [0.5, 0.6) is 0 Å². The highest BCUT2D eigenvalue weighted by atomic mass is 16.4. The third kappa shape index (κ3) is 3.59. The molecule has 4 heterocycles. The average molecular weight is 339 g/mol. The lowest BCUT2D eigenvalue weighted by Crippen LogP contribution is -2.28. The van der Waals surface area contributed by atoms with Gasteiger partial charge in [-0.15, -0.1) is 0 Å². The molecule has 3 aromatic heterocycles. The van der Waals surface area contributed by atoms with Gasteiger partial charge in [0.15, 0.2) is 0 Å². The van der Waals surface area contributed by atoms with Crippen molar-refractivity contribution < 1.29 is 13.3 Å². The molecule has 4 heteroatoms. The summed E-state index contributed by atoms with van der Waals surface area (Å²) in [5.41, 5.74) is 0. The Labute approximate surface area is 148 Å². The summed E-state index contributed by atoms with van der Waals surface area (Å²) in [6.07, 6.45) is 3.92. The molecule has 0 aromatic carbocycles. The Hall–Kier alpha value is -2.20. The van der Waals surface area contributed by atoms with Crippen LogP contribution < -0.4 is 0 Å². The zero-order chi connectivity index (χ0) is 17.2. The molecule has 132 valence electrons. The second kappa shape index (κ2) is 6.96. The van der Waals surface area contributed by atoms with E-state index in [1.54, 1.807) is 0 Å². The fraction of sp³-hybridized carbons (Fsp3) is 0.429. The molecule has 0 radical (unpaired) electrons. The molecule has 3 aromatic rings. The number of piperidine rings is 1. The van der Waals surface area contributed by atoms with Gasteiger partial charge in [-0.2, -0.15) is 0 Å². The summed E-state index contributed by atoms with van der Waals surface area (Å²) in [7, 11) is 0. The van der Waals surface area contributed by atoms with Crippen molar-refractivity contribution in [2.45, 2.75) is 45.6 Å². The molecule has 0 N–H and O–H groups in total. The number of hydrogen-bond acceptors (Lipinski definition) is 4. The summed E-state index contributed by atoms with van der Waals surface area (Å²) in [4.78, 5) is 2.47. The van der Waals surface area contributed by atoms with Crippen molar-refractivity contribution in [3.63, 3.8) is 0 Å². The minimum Gasteiger partial charge on any atom is -0.465 e. The molecule has 0 atom stereocenters. The summed E-state index contributed by atoms with van der Waals surface area (Å²) < 4.78 is 18.0. The lowest BCUT2D eigenvalue weighted by molar-refractivity contribution is 0.203. The van der Waals surface area contributed by atoms with Gasteiger partial charge in [0.25, 0.3) is 0 Å². The fourth-order valence-electron chi connectivity index (χ4n) is 3.61. The molecule has 0 amide bonds. The number of furan rings is 3. The Morgan fingerprint density at radius 2 is 1.32 bits per heavy atom. The lowest BCUT2D eigenvalue weighted by Gasteiger charge is -2.25. The smallest absolute Gasteiger partial charge is 0.133 e. The van der Waals surface area contributed by atoms with E-state index in [-0.39, 0.29) is 5.92 Å². The molecule has 0 saturated carbocycles. The summed E-state index contributed by atoms with van der Waals surface area (Å²) in [6, 6.07) is 12.1. The molecule has 1 aliphatic rings. The van der Waals surface area contributed by atoms with Crippen molar-refractivity contribution in [3.8, 4) is 0 Å². The largest absolute Gasteiger partial charge is 0.465 e. The van der Waals surface area contributed by atoms with Gasteiger partial charge in [0, 0.05) is 0 Å². The lowest BCUT2D eigenvalue weighted by atomic mass is 10.0. The van der Waals surface area contributed by atoms with Gasteiger partial charge in [0.05, 0.1) is 6.54 Å². The van der Waals surface area contributed by atoms with Crippen LogP contribution in [0.1, 0.15) is 59.7 Å². The summed E-state index contributed by atoms with van der Waals surface area (Å²) in [6.45, 7) is 7.11. The van der Waals surface area contributed by atoms with Crippen molar-refractivity contribution in [2.24, 2.45) is 0 Å². The first kappa shape index (κ1) is 16.3. The van der Waals surface area contributed by atoms with Crippen LogP contribution in [-0.4, -0.2) is 18.0 Å². The Bertz CT molecular complexity index is 779. The minimum atomic E-state index is -0.141. The van der Waals surface area contributed by atoms with Crippen LogP contribution in [0.15, 0.2) is 49.6 Å². The van der Waals surface area contributed by atoms with E-state index in [1.807, 2.05) is 38.1 Å². The third-order valence-electron chi connectivity index (χ3n) is 4.89. The van der Waals surface area contributed by atoms with E-state index in [2.05, 4.69) is 17.0 Å². The van der Waals surface area contributed by atoms with Crippen LogP contribution in [0.2, 0.25) is 0 Å². The van der Waals surface area contributed by atoms with Gasteiger partial charge in [-0.3, -0.25) is 4.90 Å². The second-order valence-corrected chi connectivity index (χ2v) is 6.97. The van der Waals surface area contributed by atoms with E-state index in [9.17, 15) is 0 Å². The zero-order valence-electron chi connectivity index (χ0n) is 15.0. The topological polar surface area (TPSA) is 42.7 Å². The van der Waals surface area contributed by atoms with E-state index in [4.69, 9.17) is 13.3 Å². The van der Waals surface area contributed by atoms with Gasteiger partial charge in [-0.25, -0.2) is 0 Å². The van der Waals surface area contributed by atoms with Crippen LogP contribution in [0.4, 0.5) is 0 Å². The van der Waals surface area contributed by atoms with Gasteiger partial charge in [0.2, 0.25) is 0 Å². The van der Waals surface area contributed by atoms with Crippen molar-refractivity contribution in [3.05, 3.63) is 71.0 Å². The van der Waals surface area contributed by atoms with Crippen molar-refractivity contribution in [1.82, 2.24) is 4.90 Å². The van der Waals surface area contributed by atoms with E-state index >= 15 is 0 Å². The highest BCUT2D eigenvalue weighted by Crippen LogP contribution is 2.35. The van der Waals surface area contributed by atoms with Gasteiger partial charge in [0.1, 0.15) is 40.5 Å². The molecule has 4 nitrogen and oxygen atoms in total. The summed E-state index contributed by atoms with van der Waals surface area (Å²) >= 11 is 0. The predicted molar refractivity (Wildman–Crippen MR) is 95.7 cm³/mol. The number of nitrogens with zero attached hydrogens (tertiary/aromatic N) is 1. The third-order valence-corrected chi connectivity index (χ3v) is 4.89. The monoisotopic (exact) mass is 339 g/mol. The number of likely N-dealkylation sites (tertiary alicyclic amines) is 1. The summed E-state index contributed by atoms with van der Waals surface area (Å²) in [5.74, 6) is 5.23. The van der Waals surface area contributed by atoms with Crippen LogP contribution in [0, 0.1) is 13.8 Å². The Morgan fingerprint density at radius 3 is 1.88 bits per heavy atom. The normalized spacial score (nSPS) is 16.0. The van der Waals surface area contributed by atoms with E-state index in [0.29, 0.717) is 0 Å². The summed E-state index contributed by atoms with van der Waals surface area (Å²) in [5, 5.41) is 0. The van der Waals surface area contributed by atoms with E-state index in [0.717, 1.165) is 54.2 Å². The first-order chi connectivity index (χ1) is 12.2. The maximum Gasteiger partial charge on any atom is 0.133 e. The van der Waals surface area contributed by atoms with Gasteiger partial charge < -0.3 is 13.3 Å². The van der Waals surface area contributed by atoms with E-state index in [1.165, 1.54) is 19.3 Å². The first-order valence-corrected chi connectivity index (χ1v) is 9.13. The maximum absolute atomic E-state index is 6.21. The number of hydrogen-bond donors (Lipinski definition) is 0. The predicted octanol–water partition coefficient (Wildman–Crippen LogP) is 5.25. The van der Waals surface area contributed by atoms with Crippen molar-refractivity contribution in [1.29, 1.82) is 0 Å². The molecule has 0 aliphatic carbocycles. The Morgan fingerprint density at radius 1 is 0.760 bits per heavy atom. The van der Waals surface area contributed by atoms with Crippen molar-refractivity contribution >= 4 is 0 Å². The fourth-order valence-corrected chi connectivity index (χ4v) is 3.61. The van der Waals surface area contributed by atoms with Crippen molar-refractivity contribution in [2.75, 3.05) is 13.1 Å². The first-order valence-electron chi connectivity index (χ1n) is 9.13. The van der Waals surface area contributed by atoms with Crippen LogP contribution in [0.25, 0.3) is 0 Å². The molecular weight excluding hydrogens is 314 g/mol. The van der Waals surface area contributed by atoms with Gasteiger partial charge in [-0.05, 0) is 76.2 Å². The quantitative estimate of drug-likeness (QED) is 0.637. The molecule has 0 bridgehead atoms. The Balaban J connectivity index is 1.61. The molecular formula is C21H25NO3. The molecule has 0 spiro atoms. The second-order valence-electron chi connectivity index (χ2n) is 6.97. The highest BCUT2D eigenvalue weighted by Gasteiger charge is 2.27. The van der Waals surface area contributed by atoms with Crippen LogP contribution in [0.3, 0.4) is 0 Å². The average Bonchev–Trinajstić information content (AvgIpc) is 3.33. The number of aryl methyl sites for hydroxylation is 2. The van der Waals surface area contributed by atoms with Crippen LogP contribution >= 0.6 is 0 Å².